The van der Waals surface area contributed by atoms with Gasteiger partial charge in [-0.1, -0.05) is 0 Å². The molecule has 2 atom stereocenters. The summed E-state index contributed by atoms with van der Waals surface area (Å²) in [7, 11) is 0. The van der Waals surface area contributed by atoms with Gasteiger partial charge in [-0.05, 0) is 35.1 Å². The topological polar surface area (TPSA) is 36.3 Å². The molecule has 5 heteroatoms. The van der Waals surface area contributed by atoms with E-state index >= 15 is 0 Å². The van der Waals surface area contributed by atoms with E-state index in [-0.39, 0.29) is 5.60 Å². The Labute approximate surface area is 108 Å². The van der Waals surface area contributed by atoms with E-state index in [1.54, 1.807) is 0 Å². The van der Waals surface area contributed by atoms with Gasteiger partial charge in [0.1, 0.15) is 3.70 Å². The van der Waals surface area contributed by atoms with Crippen molar-refractivity contribution in [2.75, 3.05) is 19.8 Å². The first kappa shape index (κ1) is 11.0. The van der Waals surface area contributed by atoms with Crippen LogP contribution in [-0.4, -0.2) is 35.2 Å². The van der Waals surface area contributed by atoms with Gasteiger partial charge in [-0.25, -0.2) is 0 Å². The van der Waals surface area contributed by atoms with Crippen LogP contribution in [0.4, 0.5) is 0 Å². The second kappa shape index (κ2) is 4.27. The molecule has 1 aromatic rings. The summed E-state index contributed by atoms with van der Waals surface area (Å²) in [5.74, 6) is 0. The molecule has 0 aliphatic carbocycles. The fourth-order valence-electron chi connectivity index (χ4n) is 2.61. The molecule has 1 spiro atoms. The van der Waals surface area contributed by atoms with Gasteiger partial charge in [0.25, 0.3) is 0 Å². The minimum Gasteiger partial charge on any atom is -0.378 e. The summed E-state index contributed by atoms with van der Waals surface area (Å²) in [4.78, 5) is 0. The molecule has 2 aliphatic heterocycles. The quantitative estimate of drug-likeness (QED) is 0.737. The first-order valence-electron chi connectivity index (χ1n) is 5.70. The van der Waals surface area contributed by atoms with Crippen LogP contribution in [0.3, 0.4) is 0 Å². The summed E-state index contributed by atoms with van der Waals surface area (Å²) < 4.78 is 14.5. The fraction of sp³-hybridized carbons (Fsp3) is 0.727. The first-order chi connectivity index (χ1) is 7.77. The Morgan fingerprint density at radius 2 is 2.44 bits per heavy atom. The predicted molar refractivity (Wildman–Crippen MR) is 67.3 cm³/mol. The van der Waals surface area contributed by atoms with Gasteiger partial charge < -0.3 is 9.47 Å². The average molecular weight is 334 g/mol. The smallest absolute Gasteiger partial charge is 0.123 e. The molecule has 2 saturated heterocycles. The highest BCUT2D eigenvalue weighted by Gasteiger charge is 2.41. The maximum Gasteiger partial charge on any atom is 0.123 e. The number of aromatic nitrogens is 2. The van der Waals surface area contributed by atoms with Crippen molar-refractivity contribution in [2.45, 2.75) is 30.9 Å². The average Bonchev–Trinajstić information content (AvgIpc) is 2.89. The van der Waals surface area contributed by atoms with Gasteiger partial charge in [-0.2, -0.15) is 5.10 Å². The first-order valence-corrected chi connectivity index (χ1v) is 6.78. The van der Waals surface area contributed by atoms with Gasteiger partial charge in [-0.3, -0.25) is 4.68 Å². The maximum atomic E-state index is 5.92. The molecule has 0 saturated carbocycles. The van der Waals surface area contributed by atoms with Gasteiger partial charge >= 0.3 is 0 Å². The summed E-state index contributed by atoms with van der Waals surface area (Å²) in [6.07, 6.45) is 5.19. The van der Waals surface area contributed by atoms with E-state index < -0.39 is 0 Å². The van der Waals surface area contributed by atoms with Gasteiger partial charge in [0.2, 0.25) is 0 Å². The zero-order valence-electron chi connectivity index (χ0n) is 9.06. The van der Waals surface area contributed by atoms with Gasteiger partial charge in [-0.15, -0.1) is 0 Å². The van der Waals surface area contributed by atoms with E-state index in [9.17, 15) is 0 Å². The van der Waals surface area contributed by atoms with Gasteiger partial charge in [0.05, 0.1) is 18.2 Å². The highest BCUT2D eigenvalue weighted by atomic mass is 127. The summed E-state index contributed by atoms with van der Waals surface area (Å²) in [6.45, 7) is 2.41. The lowest BCUT2D eigenvalue weighted by molar-refractivity contribution is -0.0962. The van der Waals surface area contributed by atoms with E-state index in [2.05, 4.69) is 38.6 Å². The SMILES string of the molecule is Ic1ccn(C2CCOC3(CCOC3)C2)n1. The largest absolute Gasteiger partial charge is 0.378 e. The normalized spacial score (nSPS) is 34.7. The third-order valence-electron chi connectivity index (χ3n) is 3.48. The Balaban J connectivity index is 1.77. The highest BCUT2D eigenvalue weighted by molar-refractivity contribution is 14.1. The molecule has 3 rings (SSSR count). The number of hydrogen-bond acceptors (Lipinski definition) is 3. The van der Waals surface area contributed by atoms with Crippen molar-refractivity contribution >= 4 is 22.6 Å². The van der Waals surface area contributed by atoms with E-state index in [0.29, 0.717) is 6.04 Å². The van der Waals surface area contributed by atoms with E-state index in [1.807, 2.05) is 6.07 Å². The van der Waals surface area contributed by atoms with Crippen molar-refractivity contribution in [3.8, 4) is 0 Å². The molecule has 0 N–H and O–H groups in total. The monoisotopic (exact) mass is 334 g/mol. The standard InChI is InChI=1S/C11H15IN2O2/c12-10-1-4-14(13-10)9-2-5-16-11(7-9)3-6-15-8-11/h1,4,9H,2-3,5-8H2. The van der Waals surface area contributed by atoms with Crippen molar-refractivity contribution < 1.29 is 9.47 Å². The number of ether oxygens (including phenoxy) is 2. The summed E-state index contributed by atoms with van der Waals surface area (Å²) in [5.41, 5.74) is -0.0275. The highest BCUT2D eigenvalue weighted by Crippen LogP contribution is 2.37. The zero-order valence-corrected chi connectivity index (χ0v) is 11.2. The van der Waals surface area contributed by atoms with Crippen LogP contribution in [-0.2, 0) is 9.47 Å². The number of halogens is 1. The minimum absolute atomic E-state index is 0.0275. The molecule has 2 aliphatic rings. The molecule has 4 nitrogen and oxygen atoms in total. The Kier molecular flexibility index (Phi) is 2.93. The molecular formula is C11H15IN2O2. The molecule has 2 fully saturated rings. The number of rotatable bonds is 1. The van der Waals surface area contributed by atoms with Crippen molar-refractivity contribution in [3.05, 3.63) is 16.0 Å². The van der Waals surface area contributed by atoms with Gasteiger partial charge in [0, 0.05) is 32.3 Å². The van der Waals surface area contributed by atoms with Crippen LogP contribution in [0.2, 0.25) is 0 Å². The van der Waals surface area contributed by atoms with Crippen LogP contribution in [0, 0.1) is 3.70 Å². The molecule has 0 aromatic carbocycles. The molecular weight excluding hydrogens is 319 g/mol. The third-order valence-corrected chi connectivity index (χ3v) is 4.06. The molecule has 16 heavy (non-hydrogen) atoms. The van der Waals surface area contributed by atoms with E-state index in [1.165, 1.54) is 0 Å². The maximum absolute atomic E-state index is 5.92. The second-order valence-corrected chi connectivity index (χ2v) is 5.70. The van der Waals surface area contributed by atoms with Gasteiger partial charge in [0.15, 0.2) is 0 Å². The zero-order chi connectivity index (χ0) is 11.0. The Hall–Kier alpha value is -0.140. The lowest BCUT2D eigenvalue weighted by Gasteiger charge is -2.37. The predicted octanol–water partition coefficient (Wildman–Crippen LogP) is 2.00. The van der Waals surface area contributed by atoms with Crippen molar-refractivity contribution in [3.63, 3.8) is 0 Å². The summed E-state index contributed by atoms with van der Waals surface area (Å²) in [6, 6.07) is 2.52. The Morgan fingerprint density at radius 1 is 1.50 bits per heavy atom. The minimum atomic E-state index is -0.0275. The molecule has 3 heterocycles. The summed E-state index contributed by atoms with van der Waals surface area (Å²) in [5, 5.41) is 4.50. The van der Waals surface area contributed by atoms with Crippen molar-refractivity contribution in [1.82, 2.24) is 9.78 Å². The lowest BCUT2D eigenvalue weighted by atomic mass is 9.90. The van der Waals surface area contributed by atoms with E-state index in [0.717, 1.165) is 42.8 Å². The second-order valence-electron chi connectivity index (χ2n) is 4.60. The Bertz CT molecular complexity index is 374. The van der Waals surface area contributed by atoms with Crippen LogP contribution in [0.5, 0.6) is 0 Å². The fourth-order valence-corrected chi connectivity index (χ4v) is 3.02. The van der Waals surface area contributed by atoms with Crippen LogP contribution < -0.4 is 0 Å². The number of nitrogens with zero attached hydrogens (tertiary/aromatic N) is 2. The third kappa shape index (κ3) is 2.00. The Morgan fingerprint density at radius 3 is 3.12 bits per heavy atom. The van der Waals surface area contributed by atoms with E-state index in [4.69, 9.17) is 9.47 Å². The van der Waals surface area contributed by atoms with Crippen molar-refractivity contribution in [1.29, 1.82) is 0 Å². The molecule has 0 bridgehead atoms. The lowest BCUT2D eigenvalue weighted by Crippen LogP contribution is -2.41. The molecule has 0 amide bonds. The van der Waals surface area contributed by atoms with Crippen LogP contribution in [0.25, 0.3) is 0 Å². The molecule has 1 aromatic heterocycles. The number of hydrogen-bond donors (Lipinski definition) is 0. The molecule has 88 valence electrons. The van der Waals surface area contributed by atoms with Crippen LogP contribution in [0.1, 0.15) is 25.3 Å². The molecule has 2 unspecified atom stereocenters. The van der Waals surface area contributed by atoms with Crippen molar-refractivity contribution in [2.24, 2.45) is 0 Å². The van der Waals surface area contributed by atoms with Crippen LogP contribution in [0.15, 0.2) is 12.3 Å². The van der Waals surface area contributed by atoms with Crippen LogP contribution >= 0.6 is 22.6 Å². The summed E-state index contributed by atoms with van der Waals surface area (Å²) >= 11 is 2.25. The molecule has 0 radical (unpaired) electrons.